The van der Waals surface area contributed by atoms with Crippen LogP contribution in [0, 0.1) is 5.41 Å². The minimum atomic E-state index is -1.29. The Balaban J connectivity index is 1.60. The highest BCUT2D eigenvalue weighted by Gasteiger charge is 2.25. The van der Waals surface area contributed by atoms with Gasteiger partial charge in [-0.3, -0.25) is 9.78 Å². The normalized spacial score (nSPS) is 10.8. The Morgan fingerprint density at radius 3 is 1.29 bits per heavy atom. The van der Waals surface area contributed by atoms with E-state index >= 15 is 0 Å². The molecule has 0 aliphatic carbocycles. The lowest BCUT2D eigenvalue weighted by molar-refractivity contribution is -0.453. The largest absolute Gasteiger partial charge is 0.543 e. The Bertz CT molecular complexity index is 1020. The minimum Gasteiger partial charge on any atom is -0.432 e. The van der Waals surface area contributed by atoms with E-state index in [0.717, 1.165) is 49.7 Å². The molecule has 41 heavy (non-hydrogen) atoms. The summed E-state index contributed by atoms with van der Waals surface area (Å²) in [6.07, 6.45) is 3.41. The van der Waals surface area contributed by atoms with E-state index in [0.29, 0.717) is 0 Å². The molecule has 0 saturated carbocycles. The van der Waals surface area contributed by atoms with Gasteiger partial charge in [0.05, 0.1) is 21.2 Å². The van der Waals surface area contributed by atoms with Crippen LogP contribution >= 0.6 is 0 Å². The Kier molecular flexibility index (Phi) is 14.1. The quantitative estimate of drug-likeness (QED) is 0.124. The van der Waals surface area contributed by atoms with Crippen LogP contribution in [0.3, 0.4) is 0 Å². The highest BCUT2D eigenvalue weighted by molar-refractivity contribution is 5.89. The Labute approximate surface area is 238 Å². The van der Waals surface area contributed by atoms with Gasteiger partial charge in [0.1, 0.15) is 13.2 Å². The first kappa shape index (κ1) is 33.0. The molecule has 2 aromatic rings. The third-order valence-electron chi connectivity index (χ3n) is 5.60. The number of hydrogen-bond donors (Lipinski definition) is 0. The van der Waals surface area contributed by atoms with Crippen LogP contribution < -0.4 is 0 Å². The Morgan fingerprint density at radius 1 is 0.585 bits per heavy atom. The molecule has 0 spiro atoms. The molecule has 0 fully saturated rings. The zero-order valence-electron chi connectivity index (χ0n) is 23.7. The number of carbonyl (C=O) groups excluding carboxylic acids is 4. The van der Waals surface area contributed by atoms with E-state index in [-0.39, 0.29) is 24.3 Å². The number of carbonyl (C=O) groups is 4. The number of rotatable bonds is 16. The first-order valence-corrected chi connectivity index (χ1v) is 13.3. The topological polar surface area (TPSA) is 142 Å². The highest BCUT2D eigenvalue weighted by atomic mass is 17.5. The second-order valence-electron chi connectivity index (χ2n) is 9.89. The maximum Gasteiger partial charge on any atom is 0.543 e. The van der Waals surface area contributed by atoms with Crippen molar-refractivity contribution in [1.82, 2.24) is 0 Å². The van der Waals surface area contributed by atoms with Gasteiger partial charge in [-0.1, -0.05) is 64.8 Å². The van der Waals surface area contributed by atoms with Gasteiger partial charge in [0, 0.05) is 5.41 Å². The van der Waals surface area contributed by atoms with Gasteiger partial charge < -0.3 is 9.47 Å². The van der Waals surface area contributed by atoms with E-state index in [1.807, 2.05) is 0 Å². The lowest BCUT2D eigenvalue weighted by Crippen LogP contribution is -2.29. The molecule has 0 radical (unpaired) electrons. The van der Waals surface area contributed by atoms with Gasteiger partial charge in [0.2, 0.25) is 0 Å². The van der Waals surface area contributed by atoms with Crippen molar-refractivity contribution in [3.8, 4) is 0 Å². The molecule has 2 aromatic carbocycles. The van der Waals surface area contributed by atoms with Crippen LogP contribution in [0.15, 0.2) is 48.5 Å². The summed E-state index contributed by atoms with van der Waals surface area (Å²) >= 11 is 0. The minimum absolute atomic E-state index is 0.211. The number of aryl methyl sites for hydroxylation is 2. The zero-order chi connectivity index (χ0) is 30.1. The summed E-state index contributed by atoms with van der Waals surface area (Å²) < 4.78 is 9.72. The lowest BCUT2D eigenvalue weighted by atomic mass is 9.96. The number of benzene rings is 2. The molecule has 2 rings (SSSR count). The van der Waals surface area contributed by atoms with Crippen LogP contribution in [0.4, 0.5) is 9.59 Å². The molecule has 0 aliphatic heterocycles. The van der Waals surface area contributed by atoms with Gasteiger partial charge in [-0.05, 0) is 61.1 Å². The van der Waals surface area contributed by atoms with E-state index < -0.39 is 29.7 Å². The van der Waals surface area contributed by atoms with Crippen molar-refractivity contribution in [3.63, 3.8) is 0 Å². The van der Waals surface area contributed by atoms with Gasteiger partial charge >= 0.3 is 24.2 Å². The maximum absolute atomic E-state index is 12.0. The summed E-state index contributed by atoms with van der Waals surface area (Å²) in [6.45, 7) is 6.83. The molecule has 0 aromatic heterocycles. The summed E-state index contributed by atoms with van der Waals surface area (Å²) in [6, 6.07) is 13.5. The number of hydrogen-bond acceptors (Lipinski definition) is 12. The van der Waals surface area contributed by atoms with Crippen LogP contribution in [-0.4, -0.2) is 37.5 Å². The van der Waals surface area contributed by atoms with Crippen molar-refractivity contribution in [2.24, 2.45) is 5.41 Å². The second-order valence-corrected chi connectivity index (χ2v) is 9.89. The lowest BCUT2D eigenvalue weighted by Gasteiger charge is -2.22. The fraction of sp³-hybridized carbons (Fsp3) is 0.448. The fourth-order valence-electron chi connectivity index (χ4n) is 3.22. The molecule has 0 N–H and O–H groups in total. The van der Waals surface area contributed by atoms with Crippen molar-refractivity contribution in [1.29, 1.82) is 0 Å². The van der Waals surface area contributed by atoms with Gasteiger partial charge in [-0.2, -0.15) is 0 Å². The monoisotopic (exact) mass is 576 g/mol. The summed E-state index contributed by atoms with van der Waals surface area (Å²) in [4.78, 5) is 64.8. The third-order valence-corrected chi connectivity index (χ3v) is 5.60. The van der Waals surface area contributed by atoms with Crippen molar-refractivity contribution < 1.29 is 58.3 Å². The molecule has 12 heteroatoms. The highest BCUT2D eigenvalue weighted by Crippen LogP contribution is 2.17. The molecule has 0 aliphatic rings. The molecule has 0 bridgehead atoms. The molecule has 0 unspecified atom stereocenters. The van der Waals surface area contributed by atoms with Crippen LogP contribution in [0.2, 0.25) is 0 Å². The smallest absolute Gasteiger partial charge is 0.432 e. The zero-order valence-corrected chi connectivity index (χ0v) is 23.7. The Hall–Kier alpha value is -4.16. The molecule has 0 amide bonds. The van der Waals surface area contributed by atoms with Crippen molar-refractivity contribution in [2.75, 3.05) is 13.2 Å². The molecular weight excluding hydrogens is 540 g/mol. The van der Waals surface area contributed by atoms with Crippen LogP contribution in [0.5, 0.6) is 0 Å². The van der Waals surface area contributed by atoms with Crippen molar-refractivity contribution in [2.45, 2.75) is 66.2 Å². The van der Waals surface area contributed by atoms with Gasteiger partial charge in [0.25, 0.3) is 0 Å². The van der Waals surface area contributed by atoms with E-state index in [1.165, 1.54) is 0 Å². The first-order valence-electron chi connectivity index (χ1n) is 13.3. The van der Waals surface area contributed by atoms with Gasteiger partial charge in [-0.25, -0.2) is 29.0 Å². The number of unbranched alkanes of at least 4 members (excludes halogenated alkanes) is 2. The average molecular weight is 577 g/mol. The molecule has 0 saturated heterocycles. The van der Waals surface area contributed by atoms with Gasteiger partial charge in [-0.15, -0.1) is 0 Å². The molecule has 0 atom stereocenters. The molecule has 12 nitrogen and oxygen atoms in total. The van der Waals surface area contributed by atoms with Crippen molar-refractivity contribution >= 4 is 24.2 Å². The third kappa shape index (κ3) is 13.2. The van der Waals surface area contributed by atoms with E-state index in [1.54, 1.807) is 62.4 Å². The van der Waals surface area contributed by atoms with Crippen molar-refractivity contribution in [3.05, 3.63) is 70.8 Å². The van der Waals surface area contributed by atoms with E-state index in [4.69, 9.17) is 9.47 Å². The van der Waals surface area contributed by atoms with Gasteiger partial charge in [0.15, 0.2) is 0 Å². The standard InChI is InChI=1S/C29H36O12/c1-5-7-9-21-11-15-23(16-12-21)25(30)36-40-38-27(32)34-19-29(3,4)20-35-28(33)39-41-37-26(31)24-17-13-22(14-18-24)10-8-6-2/h11-18H,5-10,19-20H2,1-4H3. The maximum atomic E-state index is 12.0. The predicted octanol–water partition coefficient (Wildman–Crippen LogP) is 6.41. The second kappa shape index (κ2) is 17.5. The van der Waals surface area contributed by atoms with Crippen LogP contribution in [0.25, 0.3) is 0 Å². The molecule has 0 heterocycles. The Morgan fingerprint density at radius 2 is 0.951 bits per heavy atom. The summed E-state index contributed by atoms with van der Waals surface area (Å²) in [7, 11) is 0. The summed E-state index contributed by atoms with van der Waals surface area (Å²) in [5.74, 6) is -1.72. The first-order chi connectivity index (χ1) is 19.6. The average Bonchev–Trinajstić information content (AvgIpc) is 2.97. The van der Waals surface area contributed by atoms with Crippen LogP contribution in [-0.2, 0) is 51.9 Å². The van der Waals surface area contributed by atoms with E-state index in [2.05, 4.69) is 43.5 Å². The fourth-order valence-corrected chi connectivity index (χ4v) is 3.22. The predicted molar refractivity (Wildman–Crippen MR) is 142 cm³/mol. The SMILES string of the molecule is CCCCc1ccc(C(=O)OOOC(=O)OCC(C)(C)COC(=O)OOOC(=O)c2ccc(CCCC)cc2)cc1. The summed E-state index contributed by atoms with van der Waals surface area (Å²) in [5, 5.41) is 8.40. The van der Waals surface area contributed by atoms with Crippen LogP contribution in [0.1, 0.15) is 85.2 Å². The molecule has 224 valence electrons. The molecular formula is C29H36O12. The summed E-state index contributed by atoms with van der Waals surface area (Å²) in [5.41, 5.74) is 1.69. The number of ether oxygens (including phenoxy) is 2. The van der Waals surface area contributed by atoms with E-state index in [9.17, 15) is 19.2 Å².